The van der Waals surface area contributed by atoms with E-state index in [1.54, 1.807) is 18.3 Å². The fraction of sp³-hybridized carbons (Fsp3) is 0. The van der Waals surface area contributed by atoms with E-state index in [-0.39, 0.29) is 5.91 Å². The fourth-order valence-electron chi connectivity index (χ4n) is 2.00. The first-order valence-corrected chi connectivity index (χ1v) is 6.71. The predicted molar refractivity (Wildman–Crippen MR) is 83.8 cm³/mol. The first kappa shape index (κ1) is 13.1. The van der Waals surface area contributed by atoms with Gasteiger partial charge in [-0.1, -0.05) is 54.6 Å². The van der Waals surface area contributed by atoms with Gasteiger partial charge in [0, 0.05) is 11.8 Å². The van der Waals surface area contributed by atoms with Crippen LogP contribution in [0.1, 0.15) is 21.6 Å². The van der Waals surface area contributed by atoms with Gasteiger partial charge in [-0.2, -0.15) is 5.10 Å². The van der Waals surface area contributed by atoms with Gasteiger partial charge >= 0.3 is 0 Å². The summed E-state index contributed by atoms with van der Waals surface area (Å²) in [7, 11) is 0. The maximum absolute atomic E-state index is 12.2. The van der Waals surface area contributed by atoms with Gasteiger partial charge in [0.2, 0.25) is 0 Å². The zero-order valence-electron chi connectivity index (χ0n) is 11.4. The Morgan fingerprint density at radius 3 is 2.24 bits per heavy atom. The van der Waals surface area contributed by atoms with Crippen LogP contribution in [0, 0.1) is 0 Å². The zero-order chi connectivity index (χ0) is 14.5. The fourth-order valence-corrected chi connectivity index (χ4v) is 2.00. The zero-order valence-corrected chi connectivity index (χ0v) is 11.4. The summed E-state index contributed by atoms with van der Waals surface area (Å²) in [4.78, 5) is 12.2. The lowest BCUT2D eigenvalue weighted by Crippen LogP contribution is -2.12. The number of carbonyl (C=O) groups is 1. The van der Waals surface area contributed by atoms with Crippen LogP contribution >= 0.6 is 0 Å². The van der Waals surface area contributed by atoms with E-state index in [2.05, 4.69) is 5.10 Å². The number of hydrogen-bond donors (Lipinski definition) is 0. The number of nitrogens with zero attached hydrogens (tertiary/aromatic N) is 2. The molecule has 0 aliphatic carbocycles. The minimum absolute atomic E-state index is 0.130. The van der Waals surface area contributed by atoms with Crippen molar-refractivity contribution >= 4 is 18.1 Å². The van der Waals surface area contributed by atoms with Crippen LogP contribution in [0.2, 0.25) is 0 Å². The molecule has 0 unspecified atom stereocenters. The van der Waals surface area contributed by atoms with Crippen LogP contribution in [0.3, 0.4) is 0 Å². The molecule has 0 bridgehead atoms. The van der Waals surface area contributed by atoms with Crippen LogP contribution < -0.4 is 0 Å². The molecule has 0 spiro atoms. The molecule has 3 heteroatoms. The highest BCUT2D eigenvalue weighted by atomic mass is 16.2. The van der Waals surface area contributed by atoms with Gasteiger partial charge in [-0.15, -0.1) is 0 Å². The lowest BCUT2D eigenvalue weighted by Gasteiger charge is -1.99. The normalized spacial score (nSPS) is 10.9. The van der Waals surface area contributed by atoms with E-state index >= 15 is 0 Å². The maximum atomic E-state index is 12.2. The summed E-state index contributed by atoms with van der Waals surface area (Å²) in [6.45, 7) is 0. The largest absolute Gasteiger partial charge is 0.278 e. The average Bonchev–Trinajstić information content (AvgIpc) is 3.03. The molecule has 0 aliphatic heterocycles. The molecule has 102 valence electrons. The number of benzene rings is 2. The Morgan fingerprint density at radius 1 is 0.857 bits per heavy atom. The molecule has 21 heavy (non-hydrogen) atoms. The Bertz CT molecular complexity index is 758. The molecule has 0 radical (unpaired) electrons. The molecule has 0 saturated carbocycles. The van der Waals surface area contributed by atoms with E-state index in [4.69, 9.17) is 0 Å². The van der Waals surface area contributed by atoms with Gasteiger partial charge in [0.1, 0.15) is 0 Å². The molecule has 0 atom stereocenters. The monoisotopic (exact) mass is 274 g/mol. The molecule has 0 fully saturated rings. The Morgan fingerprint density at radius 2 is 1.52 bits per heavy atom. The second-order valence-electron chi connectivity index (χ2n) is 4.60. The van der Waals surface area contributed by atoms with Gasteiger partial charge in [0.25, 0.3) is 5.91 Å². The highest BCUT2D eigenvalue weighted by Gasteiger charge is 2.08. The van der Waals surface area contributed by atoms with Crippen molar-refractivity contribution in [3.8, 4) is 0 Å². The Kier molecular flexibility index (Phi) is 3.74. The minimum Gasteiger partial charge on any atom is -0.267 e. The summed E-state index contributed by atoms with van der Waals surface area (Å²) in [6, 6.07) is 20.9. The van der Waals surface area contributed by atoms with Crippen molar-refractivity contribution < 1.29 is 4.79 Å². The molecular weight excluding hydrogens is 260 g/mol. The van der Waals surface area contributed by atoms with Crippen molar-refractivity contribution in [3.63, 3.8) is 0 Å². The second kappa shape index (κ2) is 6.01. The maximum Gasteiger partial charge on any atom is 0.278 e. The molecule has 1 heterocycles. The lowest BCUT2D eigenvalue weighted by molar-refractivity contribution is 0.0945. The second-order valence-corrected chi connectivity index (χ2v) is 4.60. The summed E-state index contributed by atoms with van der Waals surface area (Å²) in [5.41, 5.74) is 2.48. The first-order chi connectivity index (χ1) is 10.3. The quantitative estimate of drug-likeness (QED) is 0.729. The molecule has 0 N–H and O–H groups in total. The molecule has 0 aliphatic rings. The third-order valence-electron chi connectivity index (χ3n) is 3.08. The van der Waals surface area contributed by atoms with Crippen LogP contribution in [0.25, 0.3) is 12.2 Å². The van der Waals surface area contributed by atoms with Crippen molar-refractivity contribution in [1.82, 2.24) is 9.78 Å². The van der Waals surface area contributed by atoms with Crippen molar-refractivity contribution in [1.29, 1.82) is 0 Å². The molecule has 3 nitrogen and oxygen atoms in total. The highest BCUT2D eigenvalue weighted by molar-refractivity contribution is 5.95. The number of carbonyl (C=O) groups excluding carboxylic acids is 1. The summed E-state index contributed by atoms with van der Waals surface area (Å²) < 4.78 is 1.36. The van der Waals surface area contributed by atoms with Gasteiger partial charge in [-0.25, -0.2) is 4.68 Å². The van der Waals surface area contributed by atoms with Crippen LogP contribution in [0.5, 0.6) is 0 Å². The molecule has 2 aromatic carbocycles. The molecule has 1 aromatic heterocycles. The Hall–Kier alpha value is -2.94. The van der Waals surface area contributed by atoms with Crippen LogP contribution in [-0.2, 0) is 0 Å². The van der Waals surface area contributed by atoms with Crippen LogP contribution in [0.4, 0.5) is 0 Å². The lowest BCUT2D eigenvalue weighted by atomic mass is 10.2. The highest BCUT2D eigenvalue weighted by Crippen LogP contribution is 2.08. The number of aromatic nitrogens is 2. The van der Waals surface area contributed by atoms with Gasteiger partial charge < -0.3 is 0 Å². The average molecular weight is 274 g/mol. The number of rotatable bonds is 3. The SMILES string of the molecule is O=C(c1ccccc1)n1ccc(C=Cc2ccccc2)n1. The first-order valence-electron chi connectivity index (χ1n) is 6.71. The molecule has 3 rings (SSSR count). The standard InChI is InChI=1S/C18H14N2O/c21-18(16-9-5-2-6-10-16)20-14-13-17(19-20)12-11-15-7-3-1-4-8-15/h1-14H. The van der Waals surface area contributed by atoms with E-state index in [0.717, 1.165) is 11.3 Å². The van der Waals surface area contributed by atoms with Gasteiger partial charge in [0.05, 0.1) is 5.69 Å². The van der Waals surface area contributed by atoms with Crippen LogP contribution in [-0.4, -0.2) is 15.7 Å². The third-order valence-corrected chi connectivity index (χ3v) is 3.08. The van der Waals surface area contributed by atoms with Gasteiger partial charge in [-0.3, -0.25) is 4.79 Å². The minimum atomic E-state index is -0.130. The van der Waals surface area contributed by atoms with Crippen molar-refractivity contribution in [3.05, 3.63) is 89.7 Å². The van der Waals surface area contributed by atoms with E-state index in [1.165, 1.54) is 4.68 Å². The number of hydrogen-bond acceptors (Lipinski definition) is 2. The van der Waals surface area contributed by atoms with Crippen molar-refractivity contribution in [2.24, 2.45) is 0 Å². The van der Waals surface area contributed by atoms with Gasteiger partial charge in [0.15, 0.2) is 0 Å². The van der Waals surface area contributed by atoms with E-state index in [1.807, 2.05) is 66.7 Å². The summed E-state index contributed by atoms with van der Waals surface area (Å²) in [5, 5.41) is 4.28. The summed E-state index contributed by atoms with van der Waals surface area (Å²) in [6.07, 6.45) is 5.55. The topological polar surface area (TPSA) is 34.9 Å². The molecule has 3 aromatic rings. The Balaban J connectivity index is 1.78. The predicted octanol–water partition coefficient (Wildman–Crippen LogP) is 3.74. The smallest absolute Gasteiger partial charge is 0.267 e. The molecular formula is C18H14N2O. The van der Waals surface area contributed by atoms with Crippen molar-refractivity contribution in [2.75, 3.05) is 0 Å². The molecule has 0 saturated heterocycles. The van der Waals surface area contributed by atoms with Gasteiger partial charge in [-0.05, 0) is 29.8 Å². The third kappa shape index (κ3) is 3.15. The van der Waals surface area contributed by atoms with Crippen molar-refractivity contribution in [2.45, 2.75) is 0 Å². The van der Waals surface area contributed by atoms with Crippen LogP contribution in [0.15, 0.2) is 72.9 Å². The van der Waals surface area contributed by atoms with E-state index < -0.39 is 0 Å². The Labute approximate surface area is 123 Å². The van der Waals surface area contributed by atoms with E-state index in [9.17, 15) is 4.79 Å². The molecule has 0 amide bonds. The summed E-state index contributed by atoms with van der Waals surface area (Å²) >= 11 is 0. The van der Waals surface area contributed by atoms with E-state index in [0.29, 0.717) is 5.56 Å². The summed E-state index contributed by atoms with van der Waals surface area (Å²) in [5.74, 6) is -0.130.